The molecule has 3 aromatic rings. The molecule has 2 amide bonds. The number of pyridine rings is 1. The molecule has 0 saturated heterocycles. The number of anilines is 2. The first kappa shape index (κ1) is 19.4. The lowest BCUT2D eigenvalue weighted by molar-refractivity contribution is -0.385. The molecule has 8 nitrogen and oxygen atoms in total. The summed E-state index contributed by atoms with van der Waals surface area (Å²) < 4.78 is 0. The molecule has 29 heavy (non-hydrogen) atoms. The third-order valence-corrected chi connectivity index (χ3v) is 3.88. The molecule has 0 atom stereocenters. The first-order chi connectivity index (χ1) is 14.0. The van der Waals surface area contributed by atoms with Crippen LogP contribution >= 0.6 is 0 Å². The second-order valence-electron chi connectivity index (χ2n) is 5.91. The summed E-state index contributed by atoms with van der Waals surface area (Å²) in [4.78, 5) is 38.9. The van der Waals surface area contributed by atoms with E-state index in [9.17, 15) is 19.7 Å². The quantitative estimate of drug-likeness (QED) is 0.378. The standard InChI is InChI=1S/C21H16N4O4/c26-20(9-8-15-4-1-2-7-19(15)25(28)29)23-18-6-3-5-16(14-18)21(27)24-17-10-12-22-13-11-17/h1-14H,(H,23,26)(H,22,24,27). The van der Waals surface area contributed by atoms with Crippen LogP contribution in [0.25, 0.3) is 6.08 Å². The number of aromatic nitrogens is 1. The van der Waals surface area contributed by atoms with Gasteiger partial charge in [-0.05, 0) is 42.5 Å². The Morgan fingerprint density at radius 1 is 0.931 bits per heavy atom. The van der Waals surface area contributed by atoms with Crippen molar-refractivity contribution in [2.24, 2.45) is 0 Å². The molecule has 0 unspecified atom stereocenters. The Balaban J connectivity index is 1.68. The second-order valence-corrected chi connectivity index (χ2v) is 5.91. The van der Waals surface area contributed by atoms with Crippen molar-refractivity contribution in [2.45, 2.75) is 0 Å². The molecule has 8 heteroatoms. The minimum absolute atomic E-state index is 0.0914. The molecule has 144 valence electrons. The highest BCUT2D eigenvalue weighted by atomic mass is 16.6. The van der Waals surface area contributed by atoms with Gasteiger partial charge >= 0.3 is 0 Å². The van der Waals surface area contributed by atoms with Crippen LogP contribution in [0, 0.1) is 10.1 Å². The van der Waals surface area contributed by atoms with E-state index in [1.165, 1.54) is 24.3 Å². The van der Waals surface area contributed by atoms with Gasteiger partial charge in [0.25, 0.3) is 11.6 Å². The van der Waals surface area contributed by atoms with Crippen molar-refractivity contribution in [3.05, 3.63) is 100 Å². The Morgan fingerprint density at radius 2 is 1.69 bits per heavy atom. The number of para-hydroxylation sites is 1. The van der Waals surface area contributed by atoms with Crippen molar-refractivity contribution in [3.8, 4) is 0 Å². The van der Waals surface area contributed by atoms with Gasteiger partial charge in [-0.3, -0.25) is 24.7 Å². The lowest BCUT2D eigenvalue weighted by Gasteiger charge is -2.07. The number of nitro groups is 1. The van der Waals surface area contributed by atoms with Crippen LogP contribution < -0.4 is 10.6 Å². The normalized spacial score (nSPS) is 10.5. The maximum Gasteiger partial charge on any atom is 0.276 e. The number of nitrogens with one attached hydrogen (secondary N) is 2. The van der Waals surface area contributed by atoms with Crippen LogP contribution in [0.5, 0.6) is 0 Å². The van der Waals surface area contributed by atoms with Crippen LogP contribution in [-0.2, 0) is 4.79 Å². The van der Waals surface area contributed by atoms with E-state index >= 15 is 0 Å². The van der Waals surface area contributed by atoms with Gasteiger partial charge in [-0.2, -0.15) is 0 Å². The number of benzene rings is 2. The maximum atomic E-state index is 12.3. The highest BCUT2D eigenvalue weighted by Crippen LogP contribution is 2.19. The Kier molecular flexibility index (Phi) is 6.06. The topological polar surface area (TPSA) is 114 Å². The first-order valence-electron chi connectivity index (χ1n) is 8.57. The molecule has 0 saturated carbocycles. The van der Waals surface area contributed by atoms with Crippen molar-refractivity contribution >= 4 is 35.0 Å². The second kappa shape index (κ2) is 9.05. The number of nitrogens with zero attached hydrogens (tertiary/aromatic N) is 2. The summed E-state index contributed by atoms with van der Waals surface area (Å²) in [5, 5.41) is 16.4. The number of hydrogen-bond acceptors (Lipinski definition) is 5. The number of rotatable bonds is 6. The zero-order valence-corrected chi connectivity index (χ0v) is 15.1. The molecule has 2 N–H and O–H groups in total. The van der Waals surface area contributed by atoms with Gasteiger partial charge in [-0.1, -0.05) is 18.2 Å². The summed E-state index contributed by atoms with van der Waals surface area (Å²) in [6, 6.07) is 15.9. The molecular formula is C21H16N4O4. The van der Waals surface area contributed by atoms with E-state index in [1.807, 2.05) is 0 Å². The molecule has 0 radical (unpaired) electrons. The van der Waals surface area contributed by atoms with Gasteiger partial charge in [-0.25, -0.2) is 0 Å². The summed E-state index contributed by atoms with van der Waals surface area (Å²) in [5.41, 5.74) is 1.61. The zero-order valence-electron chi connectivity index (χ0n) is 15.1. The summed E-state index contributed by atoms with van der Waals surface area (Å²) in [7, 11) is 0. The van der Waals surface area contributed by atoms with Gasteiger partial charge in [0.15, 0.2) is 0 Å². The van der Waals surface area contributed by atoms with Crippen LogP contribution in [0.3, 0.4) is 0 Å². The maximum absolute atomic E-state index is 12.3. The third-order valence-electron chi connectivity index (χ3n) is 3.88. The monoisotopic (exact) mass is 388 g/mol. The number of nitro benzene ring substituents is 1. The Bertz CT molecular complexity index is 1080. The number of hydrogen-bond donors (Lipinski definition) is 2. The van der Waals surface area contributed by atoms with Crippen LogP contribution in [0.4, 0.5) is 17.1 Å². The molecule has 0 aliphatic rings. The van der Waals surface area contributed by atoms with Crippen LogP contribution in [0.1, 0.15) is 15.9 Å². The molecule has 1 heterocycles. The van der Waals surface area contributed by atoms with Gasteiger partial charge in [0, 0.05) is 41.5 Å². The van der Waals surface area contributed by atoms with E-state index in [-0.39, 0.29) is 11.6 Å². The Hall–Kier alpha value is -4.33. The van der Waals surface area contributed by atoms with Crippen molar-refractivity contribution in [1.29, 1.82) is 0 Å². The highest BCUT2D eigenvalue weighted by Gasteiger charge is 2.10. The molecule has 0 fully saturated rings. The fourth-order valence-electron chi connectivity index (χ4n) is 2.52. The summed E-state index contributed by atoms with van der Waals surface area (Å²) in [5.74, 6) is -0.808. The van der Waals surface area contributed by atoms with Crippen molar-refractivity contribution in [3.63, 3.8) is 0 Å². The fraction of sp³-hybridized carbons (Fsp3) is 0. The SMILES string of the molecule is O=C(C=Cc1ccccc1[N+](=O)[O-])Nc1cccc(C(=O)Nc2ccncc2)c1. The molecule has 0 bridgehead atoms. The van der Waals surface area contributed by atoms with Gasteiger partial charge in [0.05, 0.1) is 10.5 Å². The molecule has 0 spiro atoms. The van der Waals surface area contributed by atoms with Gasteiger partial charge in [-0.15, -0.1) is 0 Å². The van der Waals surface area contributed by atoms with E-state index in [4.69, 9.17) is 0 Å². The van der Waals surface area contributed by atoms with E-state index in [1.54, 1.807) is 60.9 Å². The van der Waals surface area contributed by atoms with Gasteiger partial charge in [0.1, 0.15) is 0 Å². The van der Waals surface area contributed by atoms with Gasteiger partial charge < -0.3 is 10.6 Å². The zero-order chi connectivity index (χ0) is 20.6. The molecular weight excluding hydrogens is 372 g/mol. The van der Waals surface area contributed by atoms with Crippen LogP contribution in [0.15, 0.2) is 79.1 Å². The lowest BCUT2D eigenvalue weighted by atomic mass is 10.1. The Labute approximate surface area is 166 Å². The lowest BCUT2D eigenvalue weighted by Crippen LogP contribution is -2.13. The average Bonchev–Trinajstić information content (AvgIpc) is 2.73. The predicted molar refractivity (Wildman–Crippen MR) is 109 cm³/mol. The molecule has 3 rings (SSSR count). The minimum atomic E-state index is -0.511. The molecule has 0 aliphatic carbocycles. The third kappa shape index (κ3) is 5.33. The summed E-state index contributed by atoms with van der Waals surface area (Å²) in [6.45, 7) is 0. The predicted octanol–water partition coefficient (Wildman–Crippen LogP) is 3.89. The molecule has 2 aromatic carbocycles. The van der Waals surface area contributed by atoms with Crippen molar-refractivity contribution in [2.75, 3.05) is 10.6 Å². The average molecular weight is 388 g/mol. The van der Waals surface area contributed by atoms with E-state index in [0.717, 1.165) is 0 Å². The number of carbonyl (C=O) groups is 2. The van der Waals surface area contributed by atoms with Gasteiger partial charge in [0.2, 0.25) is 5.91 Å². The van der Waals surface area contributed by atoms with Crippen molar-refractivity contribution < 1.29 is 14.5 Å². The highest BCUT2D eigenvalue weighted by molar-refractivity contribution is 6.06. The van der Waals surface area contributed by atoms with E-state index < -0.39 is 10.8 Å². The van der Waals surface area contributed by atoms with E-state index in [2.05, 4.69) is 15.6 Å². The fourth-order valence-corrected chi connectivity index (χ4v) is 2.52. The minimum Gasteiger partial charge on any atom is -0.322 e. The van der Waals surface area contributed by atoms with E-state index in [0.29, 0.717) is 22.5 Å². The number of carbonyl (C=O) groups excluding carboxylic acids is 2. The first-order valence-corrected chi connectivity index (χ1v) is 8.57. The Morgan fingerprint density at radius 3 is 2.45 bits per heavy atom. The smallest absolute Gasteiger partial charge is 0.276 e. The molecule has 1 aromatic heterocycles. The summed E-state index contributed by atoms with van der Waals surface area (Å²) in [6.07, 6.45) is 5.70. The number of amides is 2. The van der Waals surface area contributed by atoms with Crippen molar-refractivity contribution in [1.82, 2.24) is 4.98 Å². The van der Waals surface area contributed by atoms with Crippen LogP contribution in [-0.4, -0.2) is 21.7 Å². The molecule has 0 aliphatic heterocycles. The largest absolute Gasteiger partial charge is 0.322 e. The summed E-state index contributed by atoms with van der Waals surface area (Å²) >= 11 is 0. The van der Waals surface area contributed by atoms with Crippen LogP contribution in [0.2, 0.25) is 0 Å².